The molecule has 0 aromatic heterocycles. The van der Waals surface area contributed by atoms with Crippen LogP contribution < -0.4 is 5.73 Å². The Hall–Kier alpha value is -1.74. The number of nitrogens with two attached hydrogens (primary N) is 1. The summed E-state index contributed by atoms with van der Waals surface area (Å²) >= 11 is 0. The maximum absolute atomic E-state index is 13.4. The van der Waals surface area contributed by atoms with Gasteiger partial charge in [-0.1, -0.05) is 30.3 Å². The van der Waals surface area contributed by atoms with Crippen LogP contribution in [0.2, 0.25) is 0 Å². The van der Waals surface area contributed by atoms with Crippen LogP contribution >= 0.6 is 0 Å². The smallest absolute Gasteiger partial charge is 0.159 e. The minimum absolute atomic E-state index is 0.152. The minimum atomic E-state index is -0.803. The van der Waals surface area contributed by atoms with Gasteiger partial charge < -0.3 is 5.73 Å². The fraction of sp³-hybridized carbons (Fsp3) is 0.294. The largest absolute Gasteiger partial charge is 0.330 e. The zero-order valence-corrected chi connectivity index (χ0v) is 11.2. The van der Waals surface area contributed by atoms with Crippen LogP contribution in [0, 0.1) is 11.6 Å². The Labute approximate surface area is 117 Å². The summed E-state index contributed by atoms with van der Waals surface area (Å²) in [5.74, 6) is -1.59. The van der Waals surface area contributed by atoms with Gasteiger partial charge in [0.15, 0.2) is 11.6 Å². The summed E-state index contributed by atoms with van der Waals surface area (Å²) < 4.78 is 26.4. The fourth-order valence-corrected chi connectivity index (χ4v) is 3.27. The molecule has 0 heterocycles. The summed E-state index contributed by atoms with van der Waals surface area (Å²) in [7, 11) is 0. The van der Waals surface area contributed by atoms with Crippen molar-refractivity contribution in [1.82, 2.24) is 0 Å². The molecule has 0 spiro atoms. The van der Waals surface area contributed by atoms with Gasteiger partial charge in [-0.2, -0.15) is 0 Å². The Morgan fingerprint density at radius 2 is 1.85 bits per heavy atom. The third kappa shape index (κ3) is 2.12. The van der Waals surface area contributed by atoms with Crippen LogP contribution in [0.25, 0.3) is 0 Å². The lowest BCUT2D eigenvalue weighted by atomic mass is 9.76. The number of hydrogen-bond acceptors (Lipinski definition) is 1. The summed E-state index contributed by atoms with van der Waals surface area (Å²) in [4.78, 5) is 0. The van der Waals surface area contributed by atoms with Crippen LogP contribution in [0.4, 0.5) is 8.78 Å². The van der Waals surface area contributed by atoms with Crippen molar-refractivity contribution in [3.63, 3.8) is 0 Å². The Kier molecular flexibility index (Phi) is 3.30. The van der Waals surface area contributed by atoms with Gasteiger partial charge in [-0.25, -0.2) is 8.78 Å². The zero-order chi connectivity index (χ0) is 14.2. The maximum atomic E-state index is 13.4. The SMILES string of the molecule is NCC1(Cc2ccc(F)c(F)c2)CCc2ccccc21. The Morgan fingerprint density at radius 3 is 2.60 bits per heavy atom. The normalized spacial score (nSPS) is 20.9. The van der Waals surface area contributed by atoms with Crippen molar-refractivity contribution in [2.24, 2.45) is 5.73 Å². The molecule has 0 bridgehead atoms. The molecule has 1 aliphatic rings. The minimum Gasteiger partial charge on any atom is -0.330 e. The summed E-state index contributed by atoms with van der Waals surface area (Å²) in [6.07, 6.45) is 2.61. The van der Waals surface area contributed by atoms with Crippen LogP contribution in [0.15, 0.2) is 42.5 Å². The van der Waals surface area contributed by atoms with Crippen molar-refractivity contribution in [2.75, 3.05) is 6.54 Å². The Bertz CT molecular complexity index is 639. The molecule has 3 rings (SSSR count). The number of hydrogen-bond donors (Lipinski definition) is 1. The Morgan fingerprint density at radius 1 is 1.05 bits per heavy atom. The summed E-state index contributed by atoms with van der Waals surface area (Å²) in [6, 6.07) is 12.4. The highest BCUT2D eigenvalue weighted by Gasteiger charge is 2.37. The molecular formula is C17H17F2N. The van der Waals surface area contributed by atoms with E-state index in [1.54, 1.807) is 6.07 Å². The summed E-state index contributed by atoms with van der Waals surface area (Å²) in [6.45, 7) is 0.517. The third-order valence-electron chi connectivity index (χ3n) is 4.38. The molecule has 1 atom stereocenters. The van der Waals surface area contributed by atoms with Crippen LogP contribution in [0.1, 0.15) is 23.1 Å². The molecule has 1 nitrogen and oxygen atoms in total. The molecule has 2 aromatic carbocycles. The second-order valence-electron chi connectivity index (χ2n) is 5.57. The molecule has 0 fully saturated rings. The molecule has 0 saturated heterocycles. The molecule has 0 saturated carbocycles. The van der Waals surface area contributed by atoms with Crippen molar-refractivity contribution in [1.29, 1.82) is 0 Å². The first-order valence-corrected chi connectivity index (χ1v) is 6.87. The highest BCUT2D eigenvalue weighted by Crippen LogP contribution is 2.40. The van der Waals surface area contributed by atoms with E-state index in [2.05, 4.69) is 12.1 Å². The van der Waals surface area contributed by atoms with Gasteiger partial charge in [0.2, 0.25) is 0 Å². The zero-order valence-electron chi connectivity index (χ0n) is 11.2. The van der Waals surface area contributed by atoms with E-state index in [9.17, 15) is 8.78 Å². The topological polar surface area (TPSA) is 26.0 Å². The van der Waals surface area contributed by atoms with E-state index in [0.29, 0.717) is 13.0 Å². The molecule has 0 amide bonds. The van der Waals surface area contributed by atoms with E-state index >= 15 is 0 Å². The summed E-state index contributed by atoms with van der Waals surface area (Å²) in [5.41, 5.74) is 9.25. The first kappa shape index (κ1) is 13.3. The quantitative estimate of drug-likeness (QED) is 0.912. The van der Waals surface area contributed by atoms with Crippen molar-refractivity contribution >= 4 is 0 Å². The average molecular weight is 273 g/mol. The molecule has 1 unspecified atom stereocenters. The standard InChI is InChI=1S/C17H17F2N/c18-15-6-5-12(9-16(15)19)10-17(11-20)8-7-13-3-1-2-4-14(13)17/h1-6,9H,7-8,10-11,20H2. The van der Waals surface area contributed by atoms with E-state index in [4.69, 9.17) is 5.73 Å². The second-order valence-corrected chi connectivity index (χ2v) is 5.57. The highest BCUT2D eigenvalue weighted by molar-refractivity contribution is 5.41. The molecule has 3 heteroatoms. The first-order chi connectivity index (χ1) is 9.64. The maximum Gasteiger partial charge on any atom is 0.159 e. The molecule has 0 aliphatic heterocycles. The highest BCUT2D eigenvalue weighted by atomic mass is 19.2. The van der Waals surface area contributed by atoms with E-state index in [1.807, 2.05) is 12.1 Å². The van der Waals surface area contributed by atoms with E-state index in [1.165, 1.54) is 23.3 Å². The lowest BCUT2D eigenvalue weighted by molar-refractivity contribution is 0.429. The molecular weight excluding hydrogens is 256 g/mol. The fourth-order valence-electron chi connectivity index (χ4n) is 3.27. The average Bonchev–Trinajstić information content (AvgIpc) is 2.83. The number of rotatable bonds is 3. The van der Waals surface area contributed by atoms with Crippen LogP contribution in [-0.2, 0) is 18.3 Å². The van der Waals surface area contributed by atoms with Gasteiger partial charge in [-0.15, -0.1) is 0 Å². The van der Waals surface area contributed by atoms with E-state index in [0.717, 1.165) is 18.4 Å². The van der Waals surface area contributed by atoms with Crippen molar-refractivity contribution in [3.05, 3.63) is 70.8 Å². The van der Waals surface area contributed by atoms with Crippen molar-refractivity contribution < 1.29 is 8.78 Å². The molecule has 2 aromatic rings. The van der Waals surface area contributed by atoms with Gasteiger partial charge in [0, 0.05) is 12.0 Å². The third-order valence-corrected chi connectivity index (χ3v) is 4.38. The molecule has 20 heavy (non-hydrogen) atoms. The van der Waals surface area contributed by atoms with Crippen molar-refractivity contribution in [2.45, 2.75) is 24.7 Å². The second kappa shape index (κ2) is 4.98. The van der Waals surface area contributed by atoms with Gasteiger partial charge in [0.25, 0.3) is 0 Å². The van der Waals surface area contributed by atoms with Gasteiger partial charge in [0.1, 0.15) is 0 Å². The number of halogens is 2. The van der Waals surface area contributed by atoms with Gasteiger partial charge in [-0.3, -0.25) is 0 Å². The molecule has 1 aliphatic carbocycles. The number of benzene rings is 2. The van der Waals surface area contributed by atoms with Crippen LogP contribution in [0.3, 0.4) is 0 Å². The van der Waals surface area contributed by atoms with Gasteiger partial charge in [-0.05, 0) is 48.1 Å². The summed E-state index contributed by atoms with van der Waals surface area (Å²) in [5, 5.41) is 0. The molecule has 104 valence electrons. The monoisotopic (exact) mass is 273 g/mol. The lowest BCUT2D eigenvalue weighted by Gasteiger charge is -2.29. The van der Waals surface area contributed by atoms with Gasteiger partial charge in [0.05, 0.1) is 0 Å². The number of fused-ring (bicyclic) bond motifs is 1. The van der Waals surface area contributed by atoms with Gasteiger partial charge >= 0.3 is 0 Å². The van der Waals surface area contributed by atoms with Crippen molar-refractivity contribution in [3.8, 4) is 0 Å². The predicted octanol–water partition coefficient (Wildman–Crippen LogP) is 3.35. The van der Waals surface area contributed by atoms with E-state index < -0.39 is 11.6 Å². The first-order valence-electron chi connectivity index (χ1n) is 6.87. The lowest BCUT2D eigenvalue weighted by Crippen LogP contribution is -2.35. The number of aryl methyl sites for hydroxylation is 1. The van der Waals surface area contributed by atoms with Crippen LogP contribution in [-0.4, -0.2) is 6.54 Å². The predicted molar refractivity (Wildman–Crippen MR) is 75.6 cm³/mol. The molecule has 0 radical (unpaired) electrons. The van der Waals surface area contributed by atoms with Crippen LogP contribution in [0.5, 0.6) is 0 Å². The van der Waals surface area contributed by atoms with E-state index in [-0.39, 0.29) is 5.41 Å². The Balaban J connectivity index is 1.97. The molecule has 2 N–H and O–H groups in total.